The largest absolute Gasteiger partial charge is 0.497 e. The van der Waals surface area contributed by atoms with Gasteiger partial charge >= 0.3 is 0 Å². The van der Waals surface area contributed by atoms with Crippen molar-refractivity contribution in [3.8, 4) is 5.75 Å². The van der Waals surface area contributed by atoms with Gasteiger partial charge in [0.2, 0.25) is 0 Å². The van der Waals surface area contributed by atoms with Crippen LogP contribution in [0.2, 0.25) is 0 Å². The SMILES string of the molecule is COc1cccc(C(C)(C=NNO)OC)c1. The van der Waals surface area contributed by atoms with Gasteiger partial charge in [-0.2, -0.15) is 10.7 Å². The highest BCUT2D eigenvalue weighted by molar-refractivity contribution is 5.71. The number of hydrazone groups is 1. The zero-order chi connectivity index (χ0) is 12.0. The Balaban J connectivity index is 3.06. The molecule has 2 N–H and O–H groups in total. The molecule has 0 saturated heterocycles. The molecule has 5 heteroatoms. The summed E-state index contributed by atoms with van der Waals surface area (Å²) in [5.41, 5.74) is 1.88. The van der Waals surface area contributed by atoms with Crippen molar-refractivity contribution < 1.29 is 14.7 Å². The van der Waals surface area contributed by atoms with E-state index in [9.17, 15) is 0 Å². The first-order valence-electron chi connectivity index (χ1n) is 4.79. The molecule has 0 heterocycles. The van der Waals surface area contributed by atoms with Crippen LogP contribution in [0.15, 0.2) is 29.4 Å². The zero-order valence-electron chi connectivity index (χ0n) is 9.60. The molecule has 0 aliphatic rings. The number of benzene rings is 1. The van der Waals surface area contributed by atoms with Gasteiger partial charge in [-0.1, -0.05) is 12.1 Å². The second-order valence-electron chi connectivity index (χ2n) is 3.40. The molecule has 0 aliphatic heterocycles. The van der Waals surface area contributed by atoms with Crippen LogP contribution >= 0.6 is 0 Å². The number of hydrogen-bond donors (Lipinski definition) is 2. The third-order valence-electron chi connectivity index (χ3n) is 2.44. The van der Waals surface area contributed by atoms with Crippen LogP contribution in [0.3, 0.4) is 0 Å². The molecule has 0 radical (unpaired) electrons. The normalized spacial score (nSPS) is 14.8. The Kier molecular flexibility index (Phi) is 4.28. The van der Waals surface area contributed by atoms with Gasteiger partial charge in [0.1, 0.15) is 11.4 Å². The molecule has 16 heavy (non-hydrogen) atoms. The molecule has 1 rings (SSSR count). The lowest BCUT2D eigenvalue weighted by molar-refractivity contribution is 0.0661. The molecule has 0 saturated carbocycles. The molecule has 0 spiro atoms. The molecule has 0 bridgehead atoms. The van der Waals surface area contributed by atoms with Gasteiger partial charge in [-0.25, -0.2) is 0 Å². The van der Waals surface area contributed by atoms with Gasteiger partial charge in [-0.05, 0) is 24.6 Å². The third kappa shape index (κ3) is 2.71. The lowest BCUT2D eigenvalue weighted by Gasteiger charge is -2.24. The standard InChI is InChI=1S/C11H16N2O3/c1-11(16-3,8-12-13-14)9-5-4-6-10(7-9)15-2/h4-8,13-14H,1-3H3. The maximum Gasteiger partial charge on any atom is 0.127 e. The average Bonchev–Trinajstić information content (AvgIpc) is 2.36. The fourth-order valence-electron chi connectivity index (χ4n) is 1.33. The lowest BCUT2D eigenvalue weighted by atomic mass is 9.97. The van der Waals surface area contributed by atoms with Crippen molar-refractivity contribution in [2.75, 3.05) is 14.2 Å². The maximum atomic E-state index is 8.44. The Hall–Kier alpha value is -1.59. The van der Waals surface area contributed by atoms with Gasteiger partial charge in [0.15, 0.2) is 0 Å². The molecule has 0 fully saturated rings. The highest BCUT2D eigenvalue weighted by Crippen LogP contribution is 2.25. The van der Waals surface area contributed by atoms with E-state index in [-0.39, 0.29) is 0 Å². The lowest BCUT2D eigenvalue weighted by Crippen LogP contribution is -2.27. The third-order valence-corrected chi connectivity index (χ3v) is 2.44. The minimum Gasteiger partial charge on any atom is -0.497 e. The van der Waals surface area contributed by atoms with Crippen LogP contribution in [0, 0.1) is 0 Å². The van der Waals surface area contributed by atoms with E-state index in [1.165, 1.54) is 6.21 Å². The molecule has 0 aromatic heterocycles. The second-order valence-corrected chi connectivity index (χ2v) is 3.40. The van der Waals surface area contributed by atoms with E-state index in [0.29, 0.717) is 0 Å². The molecular formula is C11H16N2O3. The van der Waals surface area contributed by atoms with Crippen LogP contribution in [0.4, 0.5) is 0 Å². The van der Waals surface area contributed by atoms with Crippen LogP contribution in [0.25, 0.3) is 0 Å². The maximum absolute atomic E-state index is 8.44. The summed E-state index contributed by atoms with van der Waals surface area (Å²) in [6, 6.07) is 7.47. The molecule has 1 unspecified atom stereocenters. The van der Waals surface area contributed by atoms with Gasteiger partial charge in [-0.15, -0.1) is 0 Å². The highest BCUT2D eigenvalue weighted by Gasteiger charge is 2.24. The van der Waals surface area contributed by atoms with Crippen molar-refractivity contribution in [3.63, 3.8) is 0 Å². The summed E-state index contributed by atoms with van der Waals surface area (Å²) in [4.78, 5) is 0. The number of nitrogens with zero attached hydrogens (tertiary/aromatic N) is 1. The van der Waals surface area contributed by atoms with E-state index >= 15 is 0 Å². The zero-order valence-corrected chi connectivity index (χ0v) is 9.60. The van der Waals surface area contributed by atoms with Crippen LogP contribution in [0.1, 0.15) is 12.5 Å². The summed E-state index contributed by atoms with van der Waals surface area (Å²) >= 11 is 0. The first kappa shape index (κ1) is 12.5. The van der Waals surface area contributed by atoms with Gasteiger partial charge in [0.05, 0.1) is 13.3 Å². The average molecular weight is 224 g/mol. The number of ether oxygens (including phenoxy) is 2. The fraction of sp³-hybridized carbons (Fsp3) is 0.364. The Bertz CT molecular complexity index is 368. The monoisotopic (exact) mass is 224 g/mol. The van der Waals surface area contributed by atoms with Crippen LogP contribution < -0.4 is 10.3 Å². The smallest absolute Gasteiger partial charge is 0.127 e. The summed E-state index contributed by atoms with van der Waals surface area (Å²) in [5, 5.41) is 12.0. The Morgan fingerprint density at radius 2 is 2.19 bits per heavy atom. The van der Waals surface area contributed by atoms with Crippen molar-refractivity contribution in [1.82, 2.24) is 5.59 Å². The summed E-state index contributed by atoms with van der Waals surface area (Å²) < 4.78 is 10.5. The molecular weight excluding hydrogens is 208 g/mol. The number of nitrogens with one attached hydrogen (secondary N) is 1. The molecule has 0 amide bonds. The number of rotatable bonds is 5. The summed E-state index contributed by atoms with van der Waals surface area (Å²) in [7, 11) is 3.18. The van der Waals surface area contributed by atoms with Crippen molar-refractivity contribution in [1.29, 1.82) is 0 Å². The van der Waals surface area contributed by atoms with Gasteiger partial charge in [0.25, 0.3) is 0 Å². The first-order valence-corrected chi connectivity index (χ1v) is 4.79. The van der Waals surface area contributed by atoms with Gasteiger partial charge in [0, 0.05) is 7.11 Å². The minimum atomic E-state index is -0.718. The Labute approximate surface area is 94.6 Å². The molecule has 88 valence electrons. The fourth-order valence-corrected chi connectivity index (χ4v) is 1.33. The van der Waals surface area contributed by atoms with E-state index in [1.54, 1.807) is 19.8 Å². The number of methoxy groups -OCH3 is 2. The minimum absolute atomic E-state index is 0.718. The summed E-state index contributed by atoms with van der Waals surface area (Å²) in [5.74, 6) is 0.742. The summed E-state index contributed by atoms with van der Waals surface area (Å²) in [6.07, 6.45) is 1.47. The predicted molar refractivity (Wildman–Crippen MR) is 60.8 cm³/mol. The number of hydrogen-bond acceptors (Lipinski definition) is 5. The van der Waals surface area contributed by atoms with E-state index in [0.717, 1.165) is 11.3 Å². The summed E-state index contributed by atoms with van der Waals surface area (Å²) in [6.45, 7) is 1.84. The van der Waals surface area contributed by atoms with Crippen molar-refractivity contribution in [3.05, 3.63) is 29.8 Å². The van der Waals surface area contributed by atoms with E-state index < -0.39 is 5.60 Å². The molecule has 1 atom stereocenters. The topological polar surface area (TPSA) is 63.1 Å². The van der Waals surface area contributed by atoms with Crippen LogP contribution in [0.5, 0.6) is 5.75 Å². The van der Waals surface area contributed by atoms with E-state index in [2.05, 4.69) is 5.10 Å². The Morgan fingerprint density at radius 3 is 2.75 bits per heavy atom. The van der Waals surface area contributed by atoms with Crippen molar-refractivity contribution in [2.45, 2.75) is 12.5 Å². The highest BCUT2D eigenvalue weighted by atomic mass is 16.5. The molecule has 5 nitrogen and oxygen atoms in total. The predicted octanol–water partition coefficient (Wildman–Crippen LogP) is 1.52. The van der Waals surface area contributed by atoms with Gasteiger partial charge < -0.3 is 9.47 Å². The van der Waals surface area contributed by atoms with Gasteiger partial charge in [-0.3, -0.25) is 5.21 Å². The van der Waals surface area contributed by atoms with E-state index in [1.807, 2.05) is 31.2 Å². The van der Waals surface area contributed by atoms with E-state index in [4.69, 9.17) is 14.7 Å². The Morgan fingerprint density at radius 1 is 1.44 bits per heavy atom. The molecule has 1 aromatic carbocycles. The quantitative estimate of drug-likeness (QED) is 0.588. The van der Waals surface area contributed by atoms with Crippen molar-refractivity contribution in [2.24, 2.45) is 5.10 Å². The second kappa shape index (κ2) is 5.48. The molecule has 0 aliphatic carbocycles. The van der Waals surface area contributed by atoms with Crippen LogP contribution in [-0.2, 0) is 10.3 Å². The molecule has 1 aromatic rings. The van der Waals surface area contributed by atoms with Crippen molar-refractivity contribution >= 4 is 6.21 Å². The van der Waals surface area contributed by atoms with Crippen LogP contribution in [-0.4, -0.2) is 25.6 Å². The first-order chi connectivity index (χ1) is 7.66.